The number of rotatable bonds is 14. The molecule has 6 heterocycles. The van der Waals surface area contributed by atoms with Crippen molar-refractivity contribution in [3.63, 3.8) is 0 Å². The standard InChI is InChI=1S/C41H60IN7O4SSi2/c1-41(2,3)53-40(50)48-29-14-15-30(48)22-28(21-29)36-35(42)39(47(25-51-17-19-55(4,5)6)26-52-18-20-56(7,8)9)49-37(46-36)31(24-44-49)27-13-16-33(43-23-27)38-45-32-11-10-12-34(32)54-38/h13,16,23-24,28-30H,10-12,14-15,17-22,25-26H2,1-9H3/t28-,29+,30-. The van der Waals surface area contributed by atoms with Crippen LogP contribution in [0.1, 0.15) is 75.1 Å². The molecule has 7 rings (SSSR count). The topological polar surface area (TPSA) is 107 Å². The zero-order valence-corrected chi connectivity index (χ0v) is 39.8. The number of fused-ring (bicyclic) bond motifs is 4. The highest BCUT2D eigenvalue weighted by molar-refractivity contribution is 14.1. The molecule has 2 saturated heterocycles. The van der Waals surface area contributed by atoms with Gasteiger partial charge in [0.1, 0.15) is 24.1 Å². The van der Waals surface area contributed by atoms with Crippen molar-refractivity contribution in [3.8, 4) is 21.8 Å². The van der Waals surface area contributed by atoms with Crippen molar-refractivity contribution in [3.05, 3.63) is 44.4 Å². The van der Waals surface area contributed by atoms with Crippen molar-refractivity contribution in [2.45, 2.75) is 141 Å². The molecular formula is C41H60IN7O4SSi2. The zero-order chi connectivity index (χ0) is 40.0. The summed E-state index contributed by atoms with van der Waals surface area (Å²) in [4.78, 5) is 34.4. The van der Waals surface area contributed by atoms with E-state index in [1.165, 1.54) is 17.0 Å². The maximum absolute atomic E-state index is 13.4. The fraction of sp³-hybridized carbons (Fsp3) is 0.634. The number of piperidine rings is 1. The number of ether oxygens (including phenoxy) is 3. The molecule has 56 heavy (non-hydrogen) atoms. The van der Waals surface area contributed by atoms with Gasteiger partial charge < -0.3 is 24.0 Å². The van der Waals surface area contributed by atoms with Gasteiger partial charge in [-0.05, 0) is 106 Å². The first-order valence-electron chi connectivity index (χ1n) is 20.4. The summed E-state index contributed by atoms with van der Waals surface area (Å²) in [5.41, 5.74) is 5.33. The Morgan fingerprint density at radius 2 is 1.61 bits per heavy atom. The Hall–Kier alpha value is -2.45. The minimum Gasteiger partial charge on any atom is -0.444 e. The van der Waals surface area contributed by atoms with Gasteiger partial charge in [-0.15, -0.1) is 11.3 Å². The van der Waals surface area contributed by atoms with Gasteiger partial charge in [-0.25, -0.2) is 14.8 Å². The first-order valence-corrected chi connectivity index (χ1v) is 29.7. The maximum Gasteiger partial charge on any atom is 0.410 e. The lowest BCUT2D eigenvalue weighted by atomic mass is 9.88. The molecule has 15 heteroatoms. The number of halogens is 1. The van der Waals surface area contributed by atoms with Crippen molar-refractivity contribution in [1.82, 2.24) is 29.5 Å². The molecule has 2 bridgehead atoms. The number of aryl methyl sites for hydroxylation is 2. The molecule has 0 N–H and O–H groups in total. The first-order chi connectivity index (χ1) is 26.4. The number of pyridine rings is 1. The van der Waals surface area contributed by atoms with Gasteiger partial charge in [0.25, 0.3) is 0 Å². The molecule has 304 valence electrons. The lowest BCUT2D eigenvalue weighted by Crippen LogP contribution is -2.48. The summed E-state index contributed by atoms with van der Waals surface area (Å²) < 4.78 is 21.8. The average molecular weight is 930 g/mol. The number of thiazole rings is 1. The third kappa shape index (κ3) is 9.70. The van der Waals surface area contributed by atoms with E-state index < -0.39 is 21.7 Å². The lowest BCUT2D eigenvalue weighted by Gasteiger charge is -2.39. The third-order valence-electron chi connectivity index (χ3n) is 11.0. The minimum absolute atomic E-state index is 0.116. The second-order valence-electron chi connectivity index (χ2n) is 19.3. The van der Waals surface area contributed by atoms with Crippen LogP contribution >= 0.6 is 33.9 Å². The quantitative estimate of drug-likeness (QED) is 0.0529. The fourth-order valence-corrected chi connectivity index (χ4v) is 11.8. The van der Waals surface area contributed by atoms with Crippen LogP contribution in [0.5, 0.6) is 0 Å². The van der Waals surface area contributed by atoms with Crippen molar-refractivity contribution < 1.29 is 19.0 Å². The number of anilines is 1. The van der Waals surface area contributed by atoms with E-state index in [9.17, 15) is 4.79 Å². The minimum atomic E-state index is -1.29. The summed E-state index contributed by atoms with van der Waals surface area (Å²) in [6, 6.07) is 6.61. The van der Waals surface area contributed by atoms with Gasteiger partial charge in [0.05, 0.1) is 26.8 Å². The number of nitrogens with zero attached hydrogens (tertiary/aromatic N) is 7. The molecule has 1 aliphatic carbocycles. The predicted molar refractivity (Wildman–Crippen MR) is 239 cm³/mol. The SMILES string of the molecule is CC(C)(C)OC(=O)N1[C@@H]2CC[C@H]1C[C@@H](c1nc3c(-c4ccc(-c5nc6c(s5)CCC6)nc4)cnn3c(N(COCC[Si](C)(C)C)COCC[Si](C)(C)C)c1I)C2. The van der Waals surface area contributed by atoms with Gasteiger partial charge in [-0.2, -0.15) is 9.61 Å². The van der Waals surface area contributed by atoms with E-state index in [1.807, 2.05) is 42.6 Å². The molecule has 4 aromatic heterocycles. The van der Waals surface area contributed by atoms with Gasteiger partial charge in [-0.3, -0.25) is 4.98 Å². The number of aromatic nitrogens is 5. The average Bonchev–Trinajstić information content (AvgIpc) is 3.88. The Morgan fingerprint density at radius 1 is 0.946 bits per heavy atom. The summed E-state index contributed by atoms with van der Waals surface area (Å²) in [6.07, 6.45) is 10.7. The Bertz CT molecular complexity index is 1960. The highest BCUT2D eigenvalue weighted by atomic mass is 127. The van der Waals surface area contributed by atoms with Gasteiger partial charge in [-0.1, -0.05) is 45.3 Å². The van der Waals surface area contributed by atoms with Crippen molar-refractivity contribution in [2.24, 2.45) is 0 Å². The van der Waals surface area contributed by atoms with E-state index in [4.69, 9.17) is 34.3 Å². The number of hydrogen-bond acceptors (Lipinski definition) is 10. The summed E-state index contributed by atoms with van der Waals surface area (Å²) in [7, 11) is -2.57. The van der Waals surface area contributed by atoms with Gasteiger partial charge in [0.15, 0.2) is 11.5 Å². The van der Waals surface area contributed by atoms with E-state index in [1.54, 1.807) is 11.3 Å². The number of carbonyl (C=O) groups is 1. The van der Waals surface area contributed by atoms with Gasteiger partial charge in [0.2, 0.25) is 0 Å². The molecule has 2 fully saturated rings. The van der Waals surface area contributed by atoms with Crippen molar-refractivity contribution in [1.29, 1.82) is 0 Å². The summed E-state index contributed by atoms with van der Waals surface area (Å²) in [6.45, 7) is 22.3. The molecule has 0 saturated carbocycles. The summed E-state index contributed by atoms with van der Waals surface area (Å²) in [5.74, 6) is 1.10. The molecular weight excluding hydrogens is 870 g/mol. The third-order valence-corrected chi connectivity index (χ3v) is 16.6. The molecule has 0 radical (unpaired) electrons. The van der Waals surface area contributed by atoms with Crippen molar-refractivity contribution >= 4 is 67.6 Å². The monoisotopic (exact) mass is 929 g/mol. The van der Waals surface area contributed by atoms with E-state index in [0.29, 0.717) is 26.7 Å². The van der Waals surface area contributed by atoms with Crippen LogP contribution < -0.4 is 4.90 Å². The Balaban J connectivity index is 1.26. The van der Waals surface area contributed by atoms with Gasteiger partial charge in [0, 0.05) is 69.6 Å². The normalized spacial score (nSPS) is 19.9. The second kappa shape index (κ2) is 16.7. The van der Waals surface area contributed by atoms with Crippen LogP contribution in [0, 0.1) is 3.57 Å². The lowest BCUT2D eigenvalue weighted by molar-refractivity contribution is 0.00566. The van der Waals surface area contributed by atoms with E-state index in [-0.39, 0.29) is 24.1 Å². The number of hydrogen-bond donors (Lipinski definition) is 0. The van der Waals surface area contributed by atoms with Crippen LogP contribution in [0.15, 0.2) is 24.5 Å². The molecule has 2 aliphatic heterocycles. The summed E-state index contributed by atoms with van der Waals surface area (Å²) in [5, 5.41) is 6.02. The summed E-state index contributed by atoms with van der Waals surface area (Å²) >= 11 is 4.26. The zero-order valence-electron chi connectivity index (χ0n) is 34.8. The largest absolute Gasteiger partial charge is 0.444 e. The maximum atomic E-state index is 13.4. The first kappa shape index (κ1) is 41.7. The van der Waals surface area contributed by atoms with E-state index >= 15 is 0 Å². The predicted octanol–water partition coefficient (Wildman–Crippen LogP) is 10.1. The van der Waals surface area contributed by atoms with E-state index in [2.05, 4.69) is 78.9 Å². The molecule has 0 spiro atoms. The molecule has 4 aromatic rings. The van der Waals surface area contributed by atoms with Crippen LogP contribution in [0.3, 0.4) is 0 Å². The van der Waals surface area contributed by atoms with Crippen LogP contribution in [0.4, 0.5) is 10.6 Å². The van der Waals surface area contributed by atoms with Crippen molar-refractivity contribution in [2.75, 3.05) is 31.6 Å². The van der Waals surface area contributed by atoms with Gasteiger partial charge >= 0.3 is 6.09 Å². The van der Waals surface area contributed by atoms with Crippen LogP contribution in [0.25, 0.3) is 27.5 Å². The van der Waals surface area contributed by atoms with Crippen LogP contribution in [0.2, 0.25) is 51.4 Å². The molecule has 3 aliphatic rings. The molecule has 11 nitrogen and oxygen atoms in total. The Kier molecular flexibility index (Phi) is 12.4. The highest BCUT2D eigenvalue weighted by Gasteiger charge is 2.46. The molecule has 0 aromatic carbocycles. The Morgan fingerprint density at radius 3 is 2.18 bits per heavy atom. The second-order valence-corrected chi connectivity index (χ2v) is 32.7. The fourth-order valence-electron chi connectivity index (χ4n) is 7.98. The Labute approximate surface area is 352 Å². The number of amides is 1. The molecule has 0 unspecified atom stereocenters. The molecule has 3 atom stereocenters. The molecule has 1 amide bonds. The highest BCUT2D eigenvalue weighted by Crippen LogP contribution is 2.46. The van der Waals surface area contributed by atoms with Crippen LogP contribution in [-0.4, -0.2) is 96.1 Å². The van der Waals surface area contributed by atoms with E-state index in [0.717, 1.165) is 93.2 Å². The number of carbonyl (C=O) groups excluding carboxylic acids is 1. The smallest absolute Gasteiger partial charge is 0.410 e. The van der Waals surface area contributed by atoms with Crippen LogP contribution in [-0.2, 0) is 27.1 Å².